The number of ether oxygens (including phenoxy) is 1. The molecule has 3 N–H and O–H groups in total. The summed E-state index contributed by atoms with van der Waals surface area (Å²) in [5.41, 5.74) is 0.618. The molecule has 162 valence electrons. The van der Waals surface area contributed by atoms with Gasteiger partial charge in [0, 0.05) is 16.6 Å². The molecule has 0 saturated heterocycles. The number of alkyl carbamates (subject to hydrolysis) is 1. The third-order valence-corrected chi connectivity index (χ3v) is 6.57. The van der Waals surface area contributed by atoms with Crippen LogP contribution in [-0.4, -0.2) is 28.7 Å². The van der Waals surface area contributed by atoms with Crippen LogP contribution >= 0.6 is 72.7 Å². The summed E-state index contributed by atoms with van der Waals surface area (Å²) < 4.78 is 7.27. The maximum absolute atomic E-state index is 13.0. The predicted octanol–water partition coefficient (Wildman–Crippen LogP) is 6.09. The third kappa shape index (κ3) is 7.72. The van der Waals surface area contributed by atoms with Gasteiger partial charge in [0.1, 0.15) is 17.4 Å². The van der Waals surface area contributed by atoms with Crippen LogP contribution in [0.1, 0.15) is 26.3 Å². The molecule has 0 unspecified atom stereocenters. The zero-order valence-electron chi connectivity index (χ0n) is 16.4. The van der Waals surface area contributed by atoms with Gasteiger partial charge in [0.05, 0.1) is 12.2 Å². The van der Waals surface area contributed by atoms with Crippen molar-refractivity contribution in [2.45, 2.75) is 38.8 Å². The van der Waals surface area contributed by atoms with E-state index in [2.05, 4.69) is 26.6 Å². The summed E-state index contributed by atoms with van der Waals surface area (Å²) in [5.74, 6) is -0.222. The Bertz CT molecular complexity index is 943. The van der Waals surface area contributed by atoms with Crippen LogP contribution in [0.3, 0.4) is 0 Å². The molecular weight excluding hydrogens is 701 g/mol. The Morgan fingerprint density at radius 1 is 1.20 bits per heavy atom. The van der Waals surface area contributed by atoms with E-state index < -0.39 is 23.6 Å². The fourth-order valence-corrected chi connectivity index (χ4v) is 4.83. The molecule has 0 fully saturated rings. The van der Waals surface area contributed by atoms with Gasteiger partial charge in [0.2, 0.25) is 5.91 Å². The van der Waals surface area contributed by atoms with E-state index in [1.165, 1.54) is 0 Å². The second-order valence-corrected chi connectivity index (χ2v) is 11.0. The number of rotatable bonds is 5. The molecule has 2 aromatic rings. The lowest BCUT2D eigenvalue weighted by Crippen LogP contribution is -2.47. The molecule has 30 heavy (non-hydrogen) atoms. The second kappa shape index (κ2) is 10.7. The minimum Gasteiger partial charge on any atom is -0.506 e. The van der Waals surface area contributed by atoms with Crippen molar-refractivity contribution in [3.8, 4) is 5.75 Å². The Balaban J connectivity index is 2.26. The lowest BCUT2D eigenvalue weighted by atomic mass is 10.0. The van der Waals surface area contributed by atoms with Gasteiger partial charge in [0.25, 0.3) is 0 Å². The quantitative estimate of drug-likeness (QED) is 0.327. The van der Waals surface area contributed by atoms with Crippen molar-refractivity contribution >= 4 is 90.4 Å². The van der Waals surface area contributed by atoms with Crippen LogP contribution in [0.15, 0.2) is 34.8 Å². The number of phenols is 1. The summed E-state index contributed by atoms with van der Waals surface area (Å²) in [6.45, 7) is 5.24. The minimum atomic E-state index is -0.898. The number of anilines is 1. The minimum absolute atomic E-state index is 0.187. The van der Waals surface area contributed by atoms with E-state index in [1.807, 2.05) is 45.2 Å². The van der Waals surface area contributed by atoms with Crippen molar-refractivity contribution in [1.82, 2.24) is 5.32 Å². The number of hydrogen-bond donors (Lipinski definition) is 3. The summed E-state index contributed by atoms with van der Waals surface area (Å²) in [5, 5.41) is 15.9. The predicted molar refractivity (Wildman–Crippen MR) is 138 cm³/mol. The summed E-state index contributed by atoms with van der Waals surface area (Å²) in [7, 11) is 0. The summed E-state index contributed by atoms with van der Waals surface area (Å²) >= 11 is 13.4. The Labute approximate surface area is 215 Å². The Morgan fingerprint density at radius 3 is 2.33 bits per heavy atom. The molecule has 1 atom stereocenters. The van der Waals surface area contributed by atoms with Crippen molar-refractivity contribution in [2.24, 2.45) is 0 Å². The summed E-state index contributed by atoms with van der Waals surface area (Å²) in [6, 6.07) is 7.65. The topological polar surface area (TPSA) is 87.7 Å². The molecule has 0 saturated carbocycles. The number of phenolic OH excluding ortho intramolecular Hbond substituents is 1. The normalized spacial score (nSPS) is 12.2. The zero-order chi connectivity index (χ0) is 22.6. The highest BCUT2D eigenvalue weighted by Crippen LogP contribution is 2.28. The number of amides is 2. The van der Waals surface area contributed by atoms with Crippen LogP contribution in [0.5, 0.6) is 5.75 Å². The summed E-state index contributed by atoms with van der Waals surface area (Å²) in [6.07, 6.45) is -0.477. The third-order valence-electron chi connectivity index (χ3n) is 3.71. The Morgan fingerprint density at radius 2 is 1.80 bits per heavy atom. The average molecular weight is 722 g/mol. The van der Waals surface area contributed by atoms with Crippen molar-refractivity contribution in [2.75, 3.05) is 5.32 Å². The first kappa shape index (κ1) is 25.5. The molecule has 10 heteroatoms. The lowest BCUT2D eigenvalue weighted by molar-refractivity contribution is -0.118. The number of benzene rings is 2. The number of aromatic hydroxyl groups is 1. The van der Waals surface area contributed by atoms with Crippen LogP contribution in [0.4, 0.5) is 10.5 Å². The van der Waals surface area contributed by atoms with Crippen molar-refractivity contribution in [1.29, 1.82) is 0 Å². The van der Waals surface area contributed by atoms with Crippen LogP contribution in [-0.2, 0) is 16.0 Å². The molecule has 0 aliphatic rings. The van der Waals surface area contributed by atoms with Gasteiger partial charge in [-0.25, -0.2) is 4.79 Å². The van der Waals surface area contributed by atoms with Gasteiger partial charge in [-0.3, -0.25) is 4.79 Å². The number of nitrogens with one attached hydrogen (secondary N) is 2. The van der Waals surface area contributed by atoms with E-state index in [0.29, 0.717) is 22.3 Å². The first-order valence-electron chi connectivity index (χ1n) is 8.78. The van der Waals surface area contributed by atoms with Gasteiger partial charge < -0.3 is 20.5 Å². The van der Waals surface area contributed by atoms with Crippen LogP contribution in [0, 0.1) is 7.14 Å². The van der Waals surface area contributed by atoms with E-state index >= 15 is 0 Å². The number of carbonyl (C=O) groups is 2. The summed E-state index contributed by atoms with van der Waals surface area (Å²) in [4.78, 5) is 25.3. The van der Waals surface area contributed by atoms with Gasteiger partial charge in [-0.1, -0.05) is 11.6 Å². The molecule has 2 amide bonds. The average Bonchev–Trinajstić information content (AvgIpc) is 2.60. The largest absolute Gasteiger partial charge is 0.506 e. The van der Waals surface area contributed by atoms with Crippen molar-refractivity contribution < 1.29 is 19.4 Å². The fraction of sp³-hybridized carbons (Fsp3) is 0.300. The van der Waals surface area contributed by atoms with Gasteiger partial charge in [0.15, 0.2) is 0 Å². The molecule has 2 rings (SSSR count). The first-order chi connectivity index (χ1) is 13.9. The maximum Gasteiger partial charge on any atom is 0.408 e. The fourth-order valence-electron chi connectivity index (χ4n) is 2.43. The number of carbonyl (C=O) groups excluding carboxylic acids is 2. The van der Waals surface area contributed by atoms with E-state index in [0.717, 1.165) is 5.56 Å². The highest BCUT2D eigenvalue weighted by atomic mass is 127. The zero-order valence-corrected chi connectivity index (χ0v) is 23.0. The first-order valence-corrected chi connectivity index (χ1v) is 12.1. The van der Waals surface area contributed by atoms with E-state index in [4.69, 9.17) is 16.3 Å². The highest BCUT2D eigenvalue weighted by molar-refractivity contribution is 14.1. The van der Waals surface area contributed by atoms with E-state index in [9.17, 15) is 14.7 Å². The molecule has 0 heterocycles. The molecule has 6 nitrogen and oxygen atoms in total. The number of hydrogen-bond acceptors (Lipinski definition) is 4. The van der Waals surface area contributed by atoms with E-state index in [-0.39, 0.29) is 12.2 Å². The number of halogens is 4. The van der Waals surface area contributed by atoms with Crippen LogP contribution < -0.4 is 10.6 Å². The Kier molecular flexibility index (Phi) is 9.07. The SMILES string of the molecule is CC(C)(C)OC(=O)N[C@@H](Cc1cc(I)c(O)c(I)c1)C(=O)Nc1ccc(Cl)c(Br)c1. The monoisotopic (exact) mass is 720 g/mol. The molecule has 0 aliphatic heterocycles. The molecule has 0 spiro atoms. The van der Waals surface area contributed by atoms with E-state index in [1.54, 1.807) is 51.1 Å². The highest BCUT2D eigenvalue weighted by Gasteiger charge is 2.25. The van der Waals surface area contributed by atoms with Gasteiger partial charge in [-0.2, -0.15) is 0 Å². The lowest BCUT2D eigenvalue weighted by Gasteiger charge is -2.23. The molecule has 0 aromatic heterocycles. The smallest absolute Gasteiger partial charge is 0.408 e. The second-order valence-electron chi connectivity index (χ2n) is 7.43. The van der Waals surface area contributed by atoms with Gasteiger partial charge >= 0.3 is 6.09 Å². The molecular formula is C20H20BrClI2N2O4. The molecule has 0 bridgehead atoms. The van der Waals surface area contributed by atoms with Gasteiger partial charge in [-0.05, 0) is 118 Å². The maximum atomic E-state index is 13.0. The Hall–Kier alpha value is -0.790. The van der Waals surface area contributed by atoms with Crippen molar-refractivity contribution in [3.63, 3.8) is 0 Å². The molecule has 2 aromatic carbocycles. The van der Waals surface area contributed by atoms with Crippen LogP contribution in [0.25, 0.3) is 0 Å². The molecule has 0 radical (unpaired) electrons. The van der Waals surface area contributed by atoms with Crippen LogP contribution in [0.2, 0.25) is 5.02 Å². The molecule has 0 aliphatic carbocycles. The standard InChI is InChI=1S/C20H20BrClI2N2O4/c1-20(2,3)30-19(29)26-16(8-10-6-14(23)17(27)15(24)7-10)18(28)25-11-4-5-13(22)12(21)9-11/h4-7,9,16,27H,8H2,1-3H3,(H,25,28)(H,26,29)/t16-/m0/s1. The van der Waals surface area contributed by atoms with Crippen molar-refractivity contribution in [3.05, 3.63) is 52.5 Å². The van der Waals surface area contributed by atoms with Gasteiger partial charge in [-0.15, -0.1) is 0 Å².